The minimum Gasteiger partial charge on any atom is -0.366 e. The van der Waals surface area contributed by atoms with Crippen LogP contribution in [0.5, 0.6) is 0 Å². The van der Waals surface area contributed by atoms with Crippen molar-refractivity contribution >= 4 is 11.6 Å². The molecule has 5 nitrogen and oxygen atoms in total. The van der Waals surface area contributed by atoms with Crippen molar-refractivity contribution in [2.45, 2.75) is 26.9 Å². The summed E-state index contributed by atoms with van der Waals surface area (Å²) in [5.74, 6) is 2.36. The van der Waals surface area contributed by atoms with Crippen LogP contribution >= 0.6 is 0 Å². The number of nitrogens with zero attached hydrogens (tertiary/aromatic N) is 3. The highest BCUT2D eigenvalue weighted by Gasteiger charge is 2.03. The second kappa shape index (κ2) is 7.55. The maximum atomic E-state index is 4.46. The zero-order chi connectivity index (χ0) is 16.8. The van der Waals surface area contributed by atoms with E-state index >= 15 is 0 Å². The highest BCUT2D eigenvalue weighted by molar-refractivity contribution is 5.48. The average molecular weight is 319 g/mol. The summed E-state index contributed by atoms with van der Waals surface area (Å²) in [5.41, 5.74) is 3.65. The first kappa shape index (κ1) is 15.9. The van der Waals surface area contributed by atoms with Crippen molar-refractivity contribution in [2.24, 2.45) is 0 Å². The predicted molar refractivity (Wildman–Crippen MR) is 96.8 cm³/mol. The molecule has 5 heteroatoms. The molecule has 3 aromatic rings. The molecule has 2 N–H and O–H groups in total. The van der Waals surface area contributed by atoms with Gasteiger partial charge in [-0.2, -0.15) is 0 Å². The Hall–Kier alpha value is -2.95. The van der Waals surface area contributed by atoms with Crippen LogP contribution in [-0.2, 0) is 13.1 Å². The number of hydrogen-bond acceptors (Lipinski definition) is 5. The van der Waals surface area contributed by atoms with Gasteiger partial charge in [0.05, 0.1) is 0 Å². The molecule has 0 atom stereocenters. The molecule has 3 rings (SSSR count). The molecule has 0 saturated carbocycles. The standard InChI is InChI=1S/C19H21N5/c1-14-6-3-4-8-17(14)13-22-19-10-18(23-15(2)24-19)21-12-16-7-5-9-20-11-16/h3-11H,12-13H2,1-2H3,(H2,21,22,23,24). The first-order valence-corrected chi connectivity index (χ1v) is 7.97. The summed E-state index contributed by atoms with van der Waals surface area (Å²) in [4.78, 5) is 13.0. The number of anilines is 2. The molecular formula is C19H21N5. The van der Waals surface area contributed by atoms with Crippen LogP contribution in [0.1, 0.15) is 22.5 Å². The van der Waals surface area contributed by atoms with E-state index in [0.29, 0.717) is 6.54 Å². The van der Waals surface area contributed by atoms with E-state index in [1.54, 1.807) is 6.20 Å². The van der Waals surface area contributed by atoms with E-state index < -0.39 is 0 Å². The number of rotatable bonds is 6. The molecule has 2 heterocycles. The Kier molecular flexibility index (Phi) is 5.01. The van der Waals surface area contributed by atoms with Crippen LogP contribution in [0.4, 0.5) is 11.6 Å². The second-order valence-electron chi connectivity index (χ2n) is 5.68. The van der Waals surface area contributed by atoms with Gasteiger partial charge in [0.15, 0.2) is 0 Å². The third-order valence-corrected chi connectivity index (χ3v) is 3.76. The highest BCUT2D eigenvalue weighted by atomic mass is 15.1. The van der Waals surface area contributed by atoms with Crippen LogP contribution in [0.15, 0.2) is 54.9 Å². The second-order valence-corrected chi connectivity index (χ2v) is 5.68. The first-order chi connectivity index (χ1) is 11.7. The topological polar surface area (TPSA) is 62.7 Å². The van der Waals surface area contributed by atoms with Crippen LogP contribution in [0.3, 0.4) is 0 Å². The summed E-state index contributed by atoms with van der Waals surface area (Å²) in [5, 5.41) is 6.70. The predicted octanol–water partition coefficient (Wildman–Crippen LogP) is 3.71. The lowest BCUT2D eigenvalue weighted by Crippen LogP contribution is -2.07. The first-order valence-electron chi connectivity index (χ1n) is 7.97. The molecule has 0 aliphatic carbocycles. The monoisotopic (exact) mass is 319 g/mol. The lowest BCUT2D eigenvalue weighted by molar-refractivity contribution is 0.998. The zero-order valence-electron chi connectivity index (χ0n) is 14.0. The SMILES string of the molecule is Cc1nc(NCc2cccnc2)cc(NCc2ccccc2C)n1. The van der Waals surface area contributed by atoms with Crippen molar-refractivity contribution in [1.29, 1.82) is 0 Å². The molecule has 0 aliphatic rings. The third kappa shape index (κ3) is 4.29. The summed E-state index contributed by atoms with van der Waals surface area (Å²) < 4.78 is 0. The fourth-order valence-corrected chi connectivity index (χ4v) is 2.44. The van der Waals surface area contributed by atoms with E-state index in [0.717, 1.165) is 29.6 Å². The largest absolute Gasteiger partial charge is 0.366 e. The van der Waals surface area contributed by atoms with E-state index in [4.69, 9.17) is 0 Å². The summed E-state index contributed by atoms with van der Waals surface area (Å²) >= 11 is 0. The summed E-state index contributed by atoms with van der Waals surface area (Å²) in [6, 6.07) is 14.2. The molecule has 122 valence electrons. The summed E-state index contributed by atoms with van der Waals surface area (Å²) in [6.45, 7) is 5.43. The van der Waals surface area contributed by atoms with Crippen LogP contribution < -0.4 is 10.6 Å². The van der Waals surface area contributed by atoms with E-state index in [2.05, 4.69) is 50.7 Å². The van der Waals surface area contributed by atoms with Gasteiger partial charge in [0.2, 0.25) is 0 Å². The number of aryl methyl sites for hydroxylation is 2. The minimum absolute atomic E-state index is 0.682. The van der Waals surface area contributed by atoms with Crippen LogP contribution in [0.2, 0.25) is 0 Å². The van der Waals surface area contributed by atoms with Crippen molar-refractivity contribution in [1.82, 2.24) is 15.0 Å². The van der Waals surface area contributed by atoms with Crippen molar-refractivity contribution < 1.29 is 0 Å². The lowest BCUT2D eigenvalue weighted by Gasteiger charge is -2.11. The van der Waals surface area contributed by atoms with Crippen LogP contribution in [0.25, 0.3) is 0 Å². The molecule has 24 heavy (non-hydrogen) atoms. The maximum absolute atomic E-state index is 4.46. The van der Waals surface area contributed by atoms with Gasteiger partial charge in [0.25, 0.3) is 0 Å². The normalized spacial score (nSPS) is 10.4. The van der Waals surface area contributed by atoms with Gasteiger partial charge in [-0.25, -0.2) is 9.97 Å². The van der Waals surface area contributed by atoms with Gasteiger partial charge >= 0.3 is 0 Å². The van der Waals surface area contributed by atoms with Crippen LogP contribution in [-0.4, -0.2) is 15.0 Å². The van der Waals surface area contributed by atoms with Crippen molar-refractivity contribution in [3.8, 4) is 0 Å². The minimum atomic E-state index is 0.682. The molecule has 1 aromatic carbocycles. The van der Waals surface area contributed by atoms with E-state index in [1.807, 2.05) is 37.4 Å². The fourth-order valence-electron chi connectivity index (χ4n) is 2.44. The Morgan fingerprint density at radius 3 is 2.33 bits per heavy atom. The summed E-state index contributed by atoms with van der Waals surface area (Å²) in [6.07, 6.45) is 3.62. The molecule has 0 aliphatic heterocycles. The molecule has 2 aromatic heterocycles. The molecule has 0 amide bonds. The number of hydrogen-bond donors (Lipinski definition) is 2. The maximum Gasteiger partial charge on any atom is 0.132 e. The average Bonchev–Trinajstić information content (AvgIpc) is 2.60. The highest BCUT2D eigenvalue weighted by Crippen LogP contribution is 2.14. The number of pyridine rings is 1. The van der Waals surface area contributed by atoms with Gasteiger partial charge in [-0.3, -0.25) is 4.98 Å². The van der Waals surface area contributed by atoms with Gasteiger partial charge in [-0.15, -0.1) is 0 Å². The third-order valence-electron chi connectivity index (χ3n) is 3.76. The smallest absolute Gasteiger partial charge is 0.132 e. The molecule has 0 saturated heterocycles. The van der Waals surface area contributed by atoms with Crippen molar-refractivity contribution in [2.75, 3.05) is 10.6 Å². The summed E-state index contributed by atoms with van der Waals surface area (Å²) in [7, 11) is 0. The molecule has 0 spiro atoms. The Morgan fingerprint density at radius 2 is 1.62 bits per heavy atom. The van der Waals surface area contributed by atoms with Gasteiger partial charge in [-0.05, 0) is 36.6 Å². The van der Waals surface area contributed by atoms with Gasteiger partial charge in [0, 0.05) is 31.5 Å². The van der Waals surface area contributed by atoms with Gasteiger partial charge < -0.3 is 10.6 Å². The Morgan fingerprint density at radius 1 is 0.875 bits per heavy atom. The fraction of sp³-hybridized carbons (Fsp3) is 0.211. The Bertz CT molecular complexity index is 802. The van der Waals surface area contributed by atoms with Crippen LogP contribution in [0, 0.1) is 13.8 Å². The van der Waals surface area contributed by atoms with E-state index in [1.165, 1.54) is 11.1 Å². The number of aromatic nitrogens is 3. The lowest BCUT2D eigenvalue weighted by atomic mass is 10.1. The zero-order valence-corrected chi connectivity index (χ0v) is 14.0. The van der Waals surface area contributed by atoms with E-state index in [9.17, 15) is 0 Å². The molecule has 0 radical (unpaired) electrons. The molecule has 0 bridgehead atoms. The van der Waals surface area contributed by atoms with Crippen molar-refractivity contribution in [3.63, 3.8) is 0 Å². The number of benzene rings is 1. The van der Waals surface area contributed by atoms with Gasteiger partial charge in [0.1, 0.15) is 17.5 Å². The van der Waals surface area contributed by atoms with Crippen molar-refractivity contribution in [3.05, 3.63) is 77.4 Å². The van der Waals surface area contributed by atoms with Gasteiger partial charge in [-0.1, -0.05) is 30.3 Å². The molecular weight excluding hydrogens is 298 g/mol. The Labute approximate surface area is 142 Å². The molecule has 0 unspecified atom stereocenters. The Balaban J connectivity index is 1.66. The number of nitrogens with one attached hydrogen (secondary N) is 2. The van der Waals surface area contributed by atoms with E-state index in [-0.39, 0.29) is 0 Å². The quantitative estimate of drug-likeness (QED) is 0.725. The molecule has 0 fully saturated rings.